The van der Waals surface area contributed by atoms with Gasteiger partial charge in [0.2, 0.25) is 0 Å². The van der Waals surface area contributed by atoms with Crippen LogP contribution in [0.15, 0.2) is 35.1 Å². The molecule has 0 radical (unpaired) electrons. The minimum atomic E-state index is -2.33. The van der Waals surface area contributed by atoms with E-state index < -0.39 is 26.1 Å². The van der Waals surface area contributed by atoms with Gasteiger partial charge in [-0.1, -0.05) is 36.8 Å². The third-order valence-corrected chi connectivity index (χ3v) is 3.04. The summed E-state index contributed by atoms with van der Waals surface area (Å²) in [5.41, 5.74) is 0. The van der Waals surface area contributed by atoms with E-state index in [1.54, 1.807) is 30.3 Å². The van der Waals surface area contributed by atoms with E-state index >= 15 is 0 Å². The highest BCUT2D eigenvalue weighted by atomic mass is 31.1. The Balaban J connectivity index is 0.000000534. The summed E-state index contributed by atoms with van der Waals surface area (Å²) >= 11 is 0. The number of carboxylic acid groups (broad SMARTS) is 2. The van der Waals surface area contributed by atoms with Crippen LogP contribution in [0.25, 0.3) is 0 Å². The molecule has 8 heteroatoms. The highest BCUT2D eigenvalue weighted by molar-refractivity contribution is 7.34. The van der Waals surface area contributed by atoms with Gasteiger partial charge in [0.25, 0.3) is 0 Å². The van der Waals surface area contributed by atoms with Crippen molar-refractivity contribution in [2.24, 2.45) is 10.7 Å². The zero-order valence-electron chi connectivity index (χ0n) is 12.7. The standard InChI is InChI=1S/C9H10NO4P.C5H10O2/c1-7(9(11)12)10-15(13)14-8-5-3-2-4-6-8;1-4(2)3-5(6)7/h2-7H,1H3,(H,11,12);4H,3H2,1-2H3,(H,6,7)/t7-;/m0./s1. The van der Waals surface area contributed by atoms with E-state index in [-0.39, 0.29) is 12.3 Å². The lowest BCUT2D eigenvalue weighted by molar-refractivity contribution is -0.169. The molecule has 2 N–H and O–H groups in total. The van der Waals surface area contributed by atoms with Gasteiger partial charge in [0.1, 0.15) is 0 Å². The SMILES string of the molecule is CC(C)CC(=O)O.C[C@H](N=[P+]([O-])Oc1ccccc1)C(=O)O. The van der Waals surface area contributed by atoms with E-state index in [4.69, 9.17) is 14.7 Å². The van der Waals surface area contributed by atoms with Gasteiger partial charge in [-0.15, -0.1) is 0 Å². The Hall–Kier alpha value is -1.98. The number of carbonyl (C=O) groups is 2. The number of aliphatic carboxylic acids is 2. The van der Waals surface area contributed by atoms with Crippen molar-refractivity contribution >= 4 is 20.1 Å². The van der Waals surface area contributed by atoms with Gasteiger partial charge in [-0.05, 0) is 25.0 Å². The average molecular weight is 329 g/mol. The van der Waals surface area contributed by atoms with E-state index in [1.807, 2.05) is 13.8 Å². The molecule has 0 heterocycles. The molecule has 0 spiro atoms. The first-order valence-electron chi connectivity index (χ1n) is 6.58. The molecule has 0 fully saturated rings. The van der Waals surface area contributed by atoms with Crippen molar-refractivity contribution in [1.29, 1.82) is 0 Å². The minimum Gasteiger partial charge on any atom is -0.575 e. The minimum absolute atomic E-state index is 0.275. The molecule has 1 rings (SSSR count). The number of carboxylic acids is 2. The van der Waals surface area contributed by atoms with Gasteiger partial charge in [0, 0.05) is 6.42 Å². The van der Waals surface area contributed by atoms with Crippen LogP contribution < -0.4 is 9.42 Å². The lowest BCUT2D eigenvalue weighted by atomic mass is 10.1. The predicted molar refractivity (Wildman–Crippen MR) is 80.6 cm³/mol. The Morgan fingerprint density at radius 1 is 1.23 bits per heavy atom. The van der Waals surface area contributed by atoms with Crippen molar-refractivity contribution in [3.63, 3.8) is 0 Å². The second kappa shape index (κ2) is 10.7. The van der Waals surface area contributed by atoms with Gasteiger partial charge in [0.05, 0.1) is 0 Å². The Morgan fingerprint density at radius 2 is 1.77 bits per heavy atom. The molecular formula is C14H20NO6P. The molecule has 0 aliphatic rings. The fourth-order valence-corrected chi connectivity index (χ4v) is 1.87. The van der Waals surface area contributed by atoms with E-state index in [2.05, 4.69) is 4.74 Å². The molecule has 0 aliphatic heterocycles. The zero-order chi connectivity index (χ0) is 17.1. The maximum Gasteiger partial charge on any atom is 0.395 e. The molecule has 1 aromatic carbocycles. The molecule has 0 saturated carbocycles. The summed E-state index contributed by atoms with van der Waals surface area (Å²) in [6.45, 7) is 5.10. The van der Waals surface area contributed by atoms with E-state index in [0.29, 0.717) is 5.75 Å². The van der Waals surface area contributed by atoms with Crippen LogP contribution in [0.4, 0.5) is 0 Å². The molecule has 0 saturated heterocycles. The smallest absolute Gasteiger partial charge is 0.395 e. The third kappa shape index (κ3) is 10.8. The number of rotatable bonds is 6. The van der Waals surface area contributed by atoms with Gasteiger partial charge in [-0.3, -0.25) is 9.32 Å². The topological polar surface area (TPSA) is 119 Å². The van der Waals surface area contributed by atoms with Crippen LogP contribution in [0.1, 0.15) is 27.2 Å². The Bertz CT molecular complexity index is 503. The maximum atomic E-state index is 11.2. The van der Waals surface area contributed by atoms with Gasteiger partial charge in [-0.2, -0.15) is 0 Å². The summed E-state index contributed by atoms with van der Waals surface area (Å²) in [5, 5.41) is 16.6. The monoisotopic (exact) mass is 329 g/mol. The largest absolute Gasteiger partial charge is 0.575 e. The first-order chi connectivity index (χ1) is 10.2. The molecule has 0 bridgehead atoms. The van der Waals surface area contributed by atoms with Gasteiger partial charge in [-0.25, -0.2) is 4.79 Å². The van der Waals surface area contributed by atoms with Crippen molar-refractivity contribution in [3.8, 4) is 5.75 Å². The van der Waals surface area contributed by atoms with Crippen molar-refractivity contribution in [2.45, 2.75) is 33.2 Å². The zero-order valence-corrected chi connectivity index (χ0v) is 13.6. The van der Waals surface area contributed by atoms with Crippen molar-refractivity contribution in [2.75, 3.05) is 0 Å². The van der Waals surface area contributed by atoms with Crippen LogP contribution in [-0.2, 0) is 9.59 Å². The highest BCUT2D eigenvalue weighted by Gasteiger charge is 2.14. The summed E-state index contributed by atoms with van der Waals surface area (Å²) in [7, 11) is -2.33. The van der Waals surface area contributed by atoms with Gasteiger partial charge < -0.3 is 15.1 Å². The fraction of sp³-hybridized carbons (Fsp3) is 0.429. The normalized spacial score (nSPS) is 12.1. The molecule has 22 heavy (non-hydrogen) atoms. The summed E-state index contributed by atoms with van der Waals surface area (Å²) in [5.74, 6) is -1.16. The van der Waals surface area contributed by atoms with E-state index in [0.717, 1.165) is 0 Å². The van der Waals surface area contributed by atoms with Crippen LogP contribution in [0.3, 0.4) is 0 Å². The Labute approximate surface area is 130 Å². The molecular weight excluding hydrogens is 309 g/mol. The lowest BCUT2D eigenvalue weighted by Crippen LogP contribution is -2.13. The summed E-state index contributed by atoms with van der Waals surface area (Å²) in [6, 6.07) is 7.44. The number of hydrogen-bond acceptors (Lipinski definition) is 5. The molecule has 0 aromatic heterocycles. The van der Waals surface area contributed by atoms with Gasteiger partial charge in [0.15, 0.2) is 11.8 Å². The first-order valence-corrected chi connectivity index (χ1v) is 7.71. The fourth-order valence-electron chi connectivity index (χ4n) is 1.14. The highest BCUT2D eigenvalue weighted by Crippen LogP contribution is 2.23. The molecule has 1 unspecified atom stereocenters. The predicted octanol–water partition coefficient (Wildman–Crippen LogP) is 2.51. The Kier molecular flexibility index (Phi) is 9.74. The number of hydrogen-bond donors (Lipinski definition) is 2. The second-order valence-electron chi connectivity index (χ2n) is 4.76. The second-order valence-corrected chi connectivity index (χ2v) is 5.65. The van der Waals surface area contributed by atoms with Crippen LogP contribution in [-0.4, -0.2) is 28.2 Å². The molecule has 7 nitrogen and oxygen atoms in total. The molecule has 1 aromatic rings. The molecule has 2 atom stereocenters. The maximum absolute atomic E-state index is 11.2. The van der Waals surface area contributed by atoms with Crippen LogP contribution in [0.2, 0.25) is 0 Å². The van der Waals surface area contributed by atoms with Crippen LogP contribution in [0, 0.1) is 5.92 Å². The number of nitrogens with zero attached hydrogens (tertiary/aromatic N) is 1. The lowest BCUT2D eigenvalue weighted by Gasteiger charge is -1.99. The third-order valence-electron chi connectivity index (χ3n) is 2.13. The van der Waals surface area contributed by atoms with Crippen LogP contribution in [0.5, 0.6) is 5.75 Å². The van der Waals surface area contributed by atoms with Gasteiger partial charge >= 0.3 is 20.1 Å². The van der Waals surface area contributed by atoms with Crippen molar-refractivity contribution < 1.29 is 29.2 Å². The molecule has 0 amide bonds. The average Bonchev–Trinajstić information content (AvgIpc) is 2.38. The molecule has 0 aliphatic carbocycles. The van der Waals surface area contributed by atoms with E-state index in [1.165, 1.54) is 6.92 Å². The quantitative estimate of drug-likeness (QED) is 0.774. The number of benzene rings is 1. The van der Waals surface area contributed by atoms with Crippen molar-refractivity contribution in [3.05, 3.63) is 30.3 Å². The Morgan fingerprint density at radius 3 is 2.14 bits per heavy atom. The first kappa shape index (κ1) is 20.0. The summed E-state index contributed by atoms with van der Waals surface area (Å²) in [4.78, 5) is 31.4. The van der Waals surface area contributed by atoms with Crippen molar-refractivity contribution in [1.82, 2.24) is 0 Å². The van der Waals surface area contributed by atoms with E-state index in [9.17, 15) is 14.5 Å². The summed E-state index contributed by atoms with van der Waals surface area (Å²) in [6.07, 6.45) is 0.278. The number of para-hydroxylation sites is 1. The van der Waals surface area contributed by atoms with Crippen LogP contribution >= 0.6 is 8.17 Å². The summed E-state index contributed by atoms with van der Waals surface area (Å²) < 4.78 is 8.37. The molecule has 122 valence electrons.